The van der Waals surface area contributed by atoms with Crippen LogP contribution in [-0.2, 0) is 21.2 Å². The number of nitrogens with one attached hydrogen (secondary N) is 3. The zero-order valence-electron chi connectivity index (χ0n) is 19.1. The fourth-order valence-corrected chi connectivity index (χ4v) is 4.49. The summed E-state index contributed by atoms with van der Waals surface area (Å²) in [5, 5.41) is 22.8. The summed E-state index contributed by atoms with van der Waals surface area (Å²) in [6.45, 7) is 0. The van der Waals surface area contributed by atoms with Crippen molar-refractivity contribution in [1.29, 1.82) is 5.41 Å². The molecule has 0 aliphatic heterocycles. The maximum Gasteiger partial charge on any atom is 0.248 e. The third kappa shape index (κ3) is 5.93. The average Bonchev–Trinajstić information content (AvgIpc) is 3.37. The number of nitrogen functional groups attached to an aromatic ring is 1. The van der Waals surface area contributed by atoms with E-state index >= 15 is 0 Å². The van der Waals surface area contributed by atoms with Crippen LogP contribution >= 0.6 is 0 Å². The smallest absolute Gasteiger partial charge is 0.248 e. The Morgan fingerprint density at radius 3 is 2.39 bits per heavy atom. The van der Waals surface area contributed by atoms with Crippen molar-refractivity contribution < 1.29 is 13.2 Å². The summed E-state index contributed by atoms with van der Waals surface area (Å²) >= 11 is 0. The summed E-state index contributed by atoms with van der Waals surface area (Å²) in [7, 11) is -3.89. The highest BCUT2D eigenvalue weighted by atomic mass is 32.2. The van der Waals surface area contributed by atoms with Crippen LogP contribution in [-0.4, -0.2) is 30.4 Å². The Kier molecular flexibility index (Phi) is 7.09. The highest BCUT2D eigenvalue weighted by Gasteiger charge is 2.15. The Bertz CT molecular complexity index is 1540. The lowest BCUT2D eigenvalue weighted by Crippen LogP contribution is -2.13. The molecule has 1 aromatic heterocycles. The van der Waals surface area contributed by atoms with E-state index in [1.165, 1.54) is 12.1 Å². The number of carbonyl (C=O) groups excluding carboxylic acids is 1. The first-order valence-corrected chi connectivity index (χ1v) is 12.4. The number of carbonyl (C=O) groups is 1. The molecule has 0 spiro atoms. The molecule has 9 nitrogen and oxygen atoms in total. The van der Waals surface area contributed by atoms with Gasteiger partial charge in [-0.25, -0.2) is 13.6 Å². The van der Waals surface area contributed by atoms with Crippen LogP contribution in [0.5, 0.6) is 0 Å². The van der Waals surface area contributed by atoms with Crippen molar-refractivity contribution in [1.82, 2.24) is 10.2 Å². The molecule has 7 N–H and O–H groups in total. The molecule has 0 radical (unpaired) electrons. The van der Waals surface area contributed by atoms with E-state index in [2.05, 4.69) is 15.5 Å². The lowest BCUT2D eigenvalue weighted by atomic mass is 9.98. The average molecular weight is 501 g/mol. The number of sulfonamides is 1. The van der Waals surface area contributed by atoms with Crippen molar-refractivity contribution in [2.24, 2.45) is 10.9 Å². The number of hydrogen-bond donors (Lipinski definition) is 5. The van der Waals surface area contributed by atoms with Gasteiger partial charge < -0.3 is 11.1 Å². The van der Waals surface area contributed by atoms with Gasteiger partial charge in [-0.1, -0.05) is 48.5 Å². The zero-order chi connectivity index (χ0) is 25.7. The van der Waals surface area contributed by atoms with Crippen molar-refractivity contribution in [2.45, 2.75) is 11.3 Å². The van der Waals surface area contributed by atoms with Gasteiger partial charge in [0.1, 0.15) is 5.84 Å². The quantitative estimate of drug-likeness (QED) is 0.142. The third-order valence-corrected chi connectivity index (χ3v) is 6.41. The molecule has 0 aliphatic carbocycles. The summed E-state index contributed by atoms with van der Waals surface area (Å²) in [5.41, 5.74) is 10.0. The number of nitrogens with two attached hydrogens (primary N) is 2. The molecule has 4 aromatic rings. The van der Waals surface area contributed by atoms with Crippen LogP contribution in [0.25, 0.3) is 16.7 Å². The molecule has 1 heterocycles. The summed E-state index contributed by atoms with van der Waals surface area (Å²) < 4.78 is 23.8. The Hall–Kier alpha value is -4.54. The first-order valence-electron chi connectivity index (χ1n) is 10.9. The lowest BCUT2D eigenvalue weighted by Gasteiger charge is -2.11. The van der Waals surface area contributed by atoms with Crippen LogP contribution < -0.4 is 16.2 Å². The van der Waals surface area contributed by atoms with Crippen LogP contribution in [0.1, 0.15) is 16.8 Å². The number of primary sulfonamides is 1. The van der Waals surface area contributed by atoms with E-state index in [1.54, 1.807) is 66.9 Å². The van der Waals surface area contributed by atoms with Crippen molar-refractivity contribution >= 4 is 33.0 Å². The highest BCUT2D eigenvalue weighted by Crippen LogP contribution is 2.28. The molecule has 0 saturated carbocycles. The number of aromatic amines is 1. The minimum absolute atomic E-state index is 0.0283. The van der Waals surface area contributed by atoms with Crippen LogP contribution in [0, 0.1) is 5.41 Å². The molecule has 10 heteroatoms. The second kappa shape index (κ2) is 10.4. The zero-order valence-corrected chi connectivity index (χ0v) is 19.9. The van der Waals surface area contributed by atoms with E-state index < -0.39 is 10.0 Å². The molecule has 0 unspecified atom stereocenters. The summed E-state index contributed by atoms with van der Waals surface area (Å²) in [4.78, 5) is 12.9. The number of rotatable bonds is 8. The number of anilines is 1. The van der Waals surface area contributed by atoms with Crippen LogP contribution in [0.3, 0.4) is 0 Å². The molecular weight excluding hydrogens is 476 g/mol. The van der Waals surface area contributed by atoms with E-state index in [4.69, 9.17) is 16.3 Å². The molecular formula is C26H24N6O3S. The molecule has 0 bridgehead atoms. The summed E-state index contributed by atoms with van der Waals surface area (Å²) in [6, 6.07) is 22.2. The topological polar surface area (TPSA) is 168 Å². The Balaban J connectivity index is 1.59. The number of benzene rings is 3. The Morgan fingerprint density at radius 2 is 1.72 bits per heavy atom. The van der Waals surface area contributed by atoms with Crippen molar-refractivity contribution in [3.8, 4) is 11.1 Å². The standard InChI is InChI=1S/C26H24N6O3S/c27-26(28)19-5-3-4-18(14-19)20(15-22-12-13-30-32-22)16-25(33)31-21-10-8-17(9-11-21)23-6-1-2-7-24(23)36(29,34)35/h1-14,16H,15H2,(H3,27,28)(H,30,32)(H,31,33)(H2,29,34,35)/b20-16+. The predicted molar refractivity (Wildman–Crippen MR) is 140 cm³/mol. The minimum Gasteiger partial charge on any atom is -0.384 e. The summed E-state index contributed by atoms with van der Waals surface area (Å²) in [5.74, 6) is -0.420. The number of nitrogens with zero attached hydrogens (tertiary/aromatic N) is 1. The maximum absolute atomic E-state index is 12.9. The van der Waals surface area contributed by atoms with Gasteiger partial charge in [-0.2, -0.15) is 5.10 Å². The Labute approximate surface area is 208 Å². The van der Waals surface area contributed by atoms with Gasteiger partial charge in [-0.15, -0.1) is 0 Å². The molecule has 182 valence electrons. The van der Waals surface area contributed by atoms with Gasteiger partial charge in [-0.3, -0.25) is 15.3 Å². The fourth-order valence-electron chi connectivity index (χ4n) is 3.73. The van der Waals surface area contributed by atoms with Crippen LogP contribution in [0.15, 0.2) is 96.0 Å². The van der Waals surface area contributed by atoms with Gasteiger partial charge >= 0.3 is 0 Å². The molecule has 0 aliphatic rings. The van der Waals surface area contributed by atoms with Crippen molar-refractivity contribution in [3.63, 3.8) is 0 Å². The SMILES string of the molecule is N=C(N)c1cccc(/C(=C/C(=O)Nc2ccc(-c3ccccc3S(N)(=O)=O)cc2)Cc2cc[nH]n2)c1. The number of allylic oxidation sites excluding steroid dienone is 1. The van der Waals surface area contributed by atoms with Gasteiger partial charge in [-0.05, 0) is 47.0 Å². The van der Waals surface area contributed by atoms with Gasteiger partial charge in [0, 0.05) is 35.5 Å². The van der Waals surface area contributed by atoms with Gasteiger partial charge in [0.05, 0.1) is 10.6 Å². The second-order valence-electron chi connectivity index (χ2n) is 8.01. The van der Waals surface area contributed by atoms with Crippen LogP contribution in [0.4, 0.5) is 5.69 Å². The normalized spacial score (nSPS) is 11.8. The first-order chi connectivity index (χ1) is 17.2. The predicted octanol–water partition coefficient (Wildman–Crippen LogP) is 3.27. The minimum atomic E-state index is -3.89. The molecule has 36 heavy (non-hydrogen) atoms. The fraction of sp³-hybridized carbons (Fsp3) is 0.0385. The second-order valence-corrected chi connectivity index (χ2v) is 9.54. The van der Waals surface area contributed by atoms with E-state index in [0.29, 0.717) is 34.4 Å². The lowest BCUT2D eigenvalue weighted by molar-refractivity contribution is -0.111. The monoisotopic (exact) mass is 500 g/mol. The van der Waals surface area contributed by atoms with E-state index in [1.807, 2.05) is 12.1 Å². The van der Waals surface area contributed by atoms with Gasteiger partial charge in [0.15, 0.2) is 0 Å². The summed E-state index contributed by atoms with van der Waals surface area (Å²) in [6.07, 6.45) is 3.58. The Morgan fingerprint density at radius 1 is 1.00 bits per heavy atom. The van der Waals surface area contributed by atoms with Crippen molar-refractivity contribution in [3.05, 3.63) is 108 Å². The number of amidine groups is 1. The number of amides is 1. The van der Waals surface area contributed by atoms with Gasteiger partial charge in [0.25, 0.3) is 0 Å². The maximum atomic E-state index is 12.9. The molecule has 3 aromatic carbocycles. The van der Waals surface area contributed by atoms with Crippen LogP contribution in [0.2, 0.25) is 0 Å². The molecule has 1 amide bonds. The number of hydrogen-bond acceptors (Lipinski definition) is 5. The third-order valence-electron chi connectivity index (χ3n) is 5.44. The number of H-pyrrole nitrogens is 1. The largest absolute Gasteiger partial charge is 0.384 e. The molecule has 0 fully saturated rings. The van der Waals surface area contributed by atoms with E-state index in [9.17, 15) is 13.2 Å². The van der Waals surface area contributed by atoms with Crippen molar-refractivity contribution in [2.75, 3.05) is 5.32 Å². The molecule has 0 saturated heterocycles. The highest BCUT2D eigenvalue weighted by molar-refractivity contribution is 7.89. The number of aromatic nitrogens is 2. The van der Waals surface area contributed by atoms with E-state index in [0.717, 1.165) is 11.3 Å². The van der Waals surface area contributed by atoms with Gasteiger partial charge in [0.2, 0.25) is 15.9 Å². The molecule has 4 rings (SSSR count). The first kappa shape index (κ1) is 24.6. The van der Waals surface area contributed by atoms with E-state index in [-0.39, 0.29) is 16.6 Å². The molecule has 0 atom stereocenters.